The number of carbonyl (C=O) groups is 1. The van der Waals surface area contributed by atoms with E-state index in [1.165, 1.54) is 25.5 Å². The predicted molar refractivity (Wildman–Crippen MR) is 142 cm³/mol. The molecule has 1 heterocycles. The Morgan fingerprint density at radius 1 is 1.02 bits per heavy atom. The van der Waals surface area contributed by atoms with E-state index in [0.29, 0.717) is 11.4 Å². The van der Waals surface area contributed by atoms with E-state index >= 15 is 8.78 Å². The zero-order chi connectivity index (χ0) is 30.3. The lowest BCUT2D eigenvalue weighted by molar-refractivity contribution is -0.137. The molecule has 3 atom stereocenters. The van der Waals surface area contributed by atoms with E-state index in [2.05, 4.69) is 10.6 Å². The van der Waals surface area contributed by atoms with Crippen molar-refractivity contribution >= 4 is 29.7 Å². The van der Waals surface area contributed by atoms with E-state index in [4.69, 9.17) is 0 Å². The molecule has 1 saturated heterocycles. The Hall–Kier alpha value is -3.38. The Morgan fingerprint density at radius 2 is 1.71 bits per heavy atom. The molecule has 220 valence electrons. The fourth-order valence-corrected chi connectivity index (χ4v) is 5.95. The smallest absolute Gasteiger partial charge is 0.394 e. The molecule has 0 spiro atoms. The summed E-state index contributed by atoms with van der Waals surface area (Å²) in [4.78, 5) is 14.0. The number of aliphatic hydroxyl groups excluding tert-OH is 2. The fraction of sp³-hybridized carbons (Fsp3) is 0.296. The van der Waals surface area contributed by atoms with Crippen molar-refractivity contribution < 1.29 is 45.9 Å². The Labute approximate surface area is 231 Å². The van der Waals surface area contributed by atoms with Gasteiger partial charge in [0.05, 0.1) is 35.6 Å². The molecule has 0 saturated carbocycles. The maximum atomic E-state index is 15.4. The van der Waals surface area contributed by atoms with Crippen LogP contribution in [0.25, 0.3) is 11.1 Å². The Bertz CT molecular complexity index is 1510. The average molecular weight is 601 g/mol. The number of hydrogen-bond acceptors (Lipinski definition) is 6. The van der Waals surface area contributed by atoms with Gasteiger partial charge in [-0.25, -0.2) is 13.2 Å². The normalized spacial score (nSPS) is 18.6. The van der Waals surface area contributed by atoms with Gasteiger partial charge in [0.2, 0.25) is 5.91 Å². The number of anilines is 2. The molecular weight excluding hydrogens is 575 g/mol. The van der Waals surface area contributed by atoms with Crippen molar-refractivity contribution in [3.8, 4) is 11.1 Å². The minimum Gasteiger partial charge on any atom is -0.394 e. The molecule has 41 heavy (non-hydrogen) atoms. The van der Waals surface area contributed by atoms with Gasteiger partial charge in [0.25, 0.3) is 0 Å². The summed E-state index contributed by atoms with van der Waals surface area (Å²) in [6, 6.07) is 7.93. The molecule has 3 aromatic carbocycles. The molecule has 1 amide bonds. The van der Waals surface area contributed by atoms with Crippen LogP contribution in [0.4, 0.5) is 37.7 Å². The van der Waals surface area contributed by atoms with Gasteiger partial charge in [-0.05, 0) is 55.6 Å². The second-order valence-corrected chi connectivity index (χ2v) is 13.1. The molecule has 4 N–H and O–H groups in total. The Morgan fingerprint density at radius 3 is 2.32 bits per heavy atom. The van der Waals surface area contributed by atoms with E-state index in [0.717, 1.165) is 17.0 Å². The molecule has 0 aromatic heterocycles. The van der Waals surface area contributed by atoms with Crippen LogP contribution in [-0.2, 0) is 15.5 Å². The largest absolute Gasteiger partial charge is 0.416 e. The second-order valence-electron chi connectivity index (χ2n) is 9.87. The predicted octanol–water partition coefficient (Wildman–Crippen LogP) is 4.48. The number of aliphatic hydroxyl groups is 2. The van der Waals surface area contributed by atoms with Crippen molar-refractivity contribution in [3.05, 3.63) is 77.6 Å². The zero-order valence-corrected chi connectivity index (χ0v) is 22.6. The molecule has 1 fully saturated rings. The number of alkyl halides is 3. The highest BCUT2D eigenvalue weighted by molar-refractivity contribution is 7.70. The third-order valence-electron chi connectivity index (χ3n) is 6.66. The molecule has 3 aromatic rings. The summed E-state index contributed by atoms with van der Waals surface area (Å²) in [6.45, 7) is 2.33. The maximum Gasteiger partial charge on any atom is 0.416 e. The van der Waals surface area contributed by atoms with Crippen molar-refractivity contribution in [2.45, 2.75) is 31.0 Å². The number of halogens is 6. The van der Waals surface area contributed by atoms with Crippen LogP contribution in [0.5, 0.6) is 0 Å². The van der Waals surface area contributed by atoms with Crippen LogP contribution >= 0.6 is 7.14 Å². The highest BCUT2D eigenvalue weighted by atomic mass is 31.2. The molecule has 7 nitrogen and oxygen atoms in total. The van der Waals surface area contributed by atoms with Gasteiger partial charge in [0.15, 0.2) is 18.0 Å². The van der Waals surface area contributed by atoms with Crippen molar-refractivity contribution in [2.75, 3.05) is 30.2 Å². The summed E-state index contributed by atoms with van der Waals surface area (Å²) in [7, 11) is -2.87. The minimum atomic E-state index is -4.78. The molecule has 1 aliphatic rings. The summed E-state index contributed by atoms with van der Waals surface area (Å²) in [6.07, 6.45) is -6.79. The van der Waals surface area contributed by atoms with Crippen molar-refractivity contribution in [1.29, 1.82) is 0 Å². The number of benzene rings is 3. The van der Waals surface area contributed by atoms with Crippen molar-refractivity contribution in [1.82, 2.24) is 5.32 Å². The van der Waals surface area contributed by atoms with Gasteiger partial charge in [-0.1, -0.05) is 24.3 Å². The third-order valence-corrected chi connectivity index (χ3v) is 8.21. The lowest BCUT2D eigenvalue weighted by atomic mass is 10.0. The monoisotopic (exact) mass is 601 g/mol. The minimum absolute atomic E-state index is 0.175. The number of amides is 1. The topological polar surface area (TPSA) is 102 Å². The summed E-state index contributed by atoms with van der Waals surface area (Å²) >= 11 is 0. The first kappa shape index (κ1) is 30.6. The standard InChI is InChI=1S/C27H26F6N3O4P/c1-41(2,40)22-6-4-3-5-16(22)17-8-10-21(24(30)23(17)29)36-15(13-37)12-20(25(36)38)35-26(39)34-19-9-7-14(11-18(19)28)27(31,32)33/h3-11,15,20,26,34-35,37,39H,12-13H2,1-2H3/t15-,20+,26?/m0/s1. The van der Waals surface area contributed by atoms with Crippen molar-refractivity contribution in [3.63, 3.8) is 0 Å². The number of hydrogen-bond donors (Lipinski definition) is 4. The van der Waals surface area contributed by atoms with Gasteiger partial charge in [-0.15, -0.1) is 0 Å². The maximum absolute atomic E-state index is 15.4. The molecule has 0 radical (unpaired) electrons. The summed E-state index contributed by atoms with van der Waals surface area (Å²) in [5.41, 5.74) is -2.17. The van der Waals surface area contributed by atoms with Crippen LogP contribution in [0.3, 0.4) is 0 Å². The van der Waals surface area contributed by atoms with E-state index in [9.17, 15) is 37.1 Å². The first-order chi connectivity index (χ1) is 19.1. The van der Waals surface area contributed by atoms with Gasteiger partial charge in [0, 0.05) is 10.9 Å². The SMILES string of the molecule is CP(C)(=O)c1ccccc1-c1ccc(N2C(=O)[C@H](NC(O)Nc3ccc(C(F)(F)F)cc3F)C[C@H]2CO)c(F)c1F. The number of rotatable bonds is 8. The summed E-state index contributed by atoms with van der Waals surface area (Å²) in [5, 5.41) is 25.1. The first-order valence-electron chi connectivity index (χ1n) is 12.3. The molecule has 4 rings (SSSR count). The van der Waals surface area contributed by atoms with Crippen molar-refractivity contribution in [2.24, 2.45) is 0 Å². The number of nitrogens with zero attached hydrogens (tertiary/aromatic N) is 1. The number of nitrogens with one attached hydrogen (secondary N) is 2. The van der Waals surface area contributed by atoms with Crippen LogP contribution in [0, 0.1) is 17.5 Å². The Balaban J connectivity index is 1.56. The van der Waals surface area contributed by atoms with Gasteiger partial charge >= 0.3 is 6.18 Å². The van der Waals surface area contributed by atoms with Crippen LogP contribution in [0.2, 0.25) is 0 Å². The van der Waals surface area contributed by atoms with Gasteiger partial charge in [-0.3, -0.25) is 10.1 Å². The molecule has 0 aliphatic carbocycles. The lowest BCUT2D eigenvalue weighted by Crippen LogP contribution is -2.47. The van der Waals surface area contributed by atoms with E-state index in [1.807, 2.05) is 0 Å². The molecule has 0 bridgehead atoms. The van der Waals surface area contributed by atoms with E-state index in [-0.39, 0.29) is 23.6 Å². The third kappa shape index (κ3) is 6.28. The first-order valence-corrected chi connectivity index (χ1v) is 14.9. The van der Waals surface area contributed by atoms with E-state index in [1.54, 1.807) is 18.2 Å². The molecular formula is C27H26F6N3O4P. The highest BCUT2D eigenvalue weighted by Gasteiger charge is 2.42. The van der Waals surface area contributed by atoms with Crippen LogP contribution in [-0.4, -0.2) is 54.5 Å². The second kappa shape index (κ2) is 11.5. The highest BCUT2D eigenvalue weighted by Crippen LogP contribution is 2.41. The fourth-order valence-electron chi connectivity index (χ4n) is 4.73. The molecule has 1 aliphatic heterocycles. The van der Waals surface area contributed by atoms with Gasteiger partial charge < -0.3 is 25.0 Å². The van der Waals surface area contributed by atoms with Crippen LogP contribution in [0.15, 0.2) is 54.6 Å². The van der Waals surface area contributed by atoms with Gasteiger partial charge in [-0.2, -0.15) is 13.2 Å². The quantitative estimate of drug-likeness (QED) is 0.173. The van der Waals surface area contributed by atoms with Gasteiger partial charge in [0.1, 0.15) is 13.0 Å². The zero-order valence-electron chi connectivity index (χ0n) is 21.7. The average Bonchev–Trinajstić information content (AvgIpc) is 3.20. The van der Waals surface area contributed by atoms with Crippen LogP contribution in [0.1, 0.15) is 12.0 Å². The summed E-state index contributed by atoms with van der Waals surface area (Å²) < 4.78 is 96.0. The summed E-state index contributed by atoms with van der Waals surface area (Å²) in [5.74, 6) is -4.85. The van der Waals surface area contributed by atoms with E-state index < -0.39 is 78.7 Å². The Kier molecular flexibility index (Phi) is 8.56. The molecule has 1 unspecified atom stereocenters. The lowest BCUT2D eigenvalue weighted by Gasteiger charge is -2.25. The van der Waals surface area contributed by atoms with Crippen LogP contribution < -0.4 is 20.8 Å². The molecule has 14 heteroatoms. The number of carbonyl (C=O) groups excluding carboxylic acids is 1.